The molecule has 1 aliphatic rings. The first-order valence-electron chi connectivity index (χ1n) is 6.99. The van der Waals surface area contributed by atoms with Gasteiger partial charge < -0.3 is 5.73 Å². The normalized spacial score (nSPS) is 14.8. The van der Waals surface area contributed by atoms with Crippen LogP contribution in [0.1, 0.15) is 49.8 Å². The number of hydrogen-bond acceptors (Lipinski definition) is 3. The van der Waals surface area contributed by atoms with Gasteiger partial charge in [0, 0.05) is 11.5 Å². The molecule has 3 rings (SSSR count). The van der Waals surface area contributed by atoms with Crippen molar-refractivity contribution in [2.75, 3.05) is 5.73 Å². The van der Waals surface area contributed by atoms with Gasteiger partial charge in [-0.2, -0.15) is 0 Å². The number of nitrogens with zero attached hydrogens (tertiary/aromatic N) is 2. The first kappa shape index (κ1) is 13.6. The van der Waals surface area contributed by atoms with Crippen LogP contribution in [0.3, 0.4) is 0 Å². The van der Waals surface area contributed by atoms with Crippen LogP contribution in [0.5, 0.6) is 0 Å². The average molecular weight is 332 g/mol. The van der Waals surface area contributed by atoms with Crippen molar-refractivity contribution in [1.82, 2.24) is 9.97 Å². The molecule has 1 saturated carbocycles. The van der Waals surface area contributed by atoms with Crippen molar-refractivity contribution in [3.8, 4) is 11.4 Å². The van der Waals surface area contributed by atoms with E-state index in [4.69, 9.17) is 10.7 Å². The predicted molar refractivity (Wildman–Crippen MR) is 85.6 cm³/mol. The molecule has 1 heterocycles. The molecule has 0 aliphatic heterocycles. The van der Waals surface area contributed by atoms with Crippen molar-refractivity contribution in [2.24, 2.45) is 0 Å². The monoisotopic (exact) mass is 331 g/mol. The van der Waals surface area contributed by atoms with Crippen LogP contribution in [0, 0.1) is 0 Å². The Morgan fingerprint density at radius 1 is 1.15 bits per heavy atom. The quantitative estimate of drug-likeness (QED) is 0.901. The highest BCUT2D eigenvalue weighted by atomic mass is 79.9. The van der Waals surface area contributed by atoms with Crippen LogP contribution in [0.2, 0.25) is 0 Å². The minimum absolute atomic E-state index is 0.530. The van der Waals surface area contributed by atoms with Gasteiger partial charge in [-0.15, -0.1) is 0 Å². The molecule has 1 aromatic heterocycles. The van der Waals surface area contributed by atoms with E-state index in [9.17, 15) is 0 Å². The first-order chi connectivity index (χ1) is 9.56. The topological polar surface area (TPSA) is 51.8 Å². The van der Waals surface area contributed by atoms with Crippen LogP contribution in [-0.2, 0) is 0 Å². The largest absolute Gasteiger partial charge is 0.383 e. The zero-order valence-electron chi connectivity index (χ0n) is 11.7. The maximum absolute atomic E-state index is 6.00. The molecule has 0 amide bonds. The highest BCUT2D eigenvalue weighted by Gasteiger charge is 2.29. The Balaban J connectivity index is 2.01. The summed E-state index contributed by atoms with van der Waals surface area (Å²) in [5, 5.41) is 0. The number of halogens is 1. The molecule has 2 aromatic rings. The summed E-state index contributed by atoms with van der Waals surface area (Å²) in [5.41, 5.74) is 9.40. The molecule has 0 bridgehead atoms. The van der Waals surface area contributed by atoms with Crippen LogP contribution in [0.15, 0.2) is 28.7 Å². The summed E-state index contributed by atoms with van der Waals surface area (Å²) in [6.45, 7) is 4.38. The summed E-state index contributed by atoms with van der Waals surface area (Å²) in [7, 11) is 0. The molecular formula is C16H18BrN3. The molecule has 3 nitrogen and oxygen atoms in total. The Kier molecular flexibility index (Phi) is 3.50. The maximum Gasteiger partial charge on any atom is 0.161 e. The van der Waals surface area contributed by atoms with Crippen molar-refractivity contribution in [1.29, 1.82) is 0 Å². The van der Waals surface area contributed by atoms with E-state index in [1.54, 1.807) is 0 Å². The van der Waals surface area contributed by atoms with Gasteiger partial charge in [-0.25, -0.2) is 9.97 Å². The van der Waals surface area contributed by atoms with Crippen LogP contribution in [0.25, 0.3) is 11.4 Å². The summed E-state index contributed by atoms with van der Waals surface area (Å²) in [6.07, 6.45) is 2.39. The molecule has 1 aliphatic carbocycles. The maximum atomic E-state index is 6.00. The van der Waals surface area contributed by atoms with Gasteiger partial charge >= 0.3 is 0 Å². The van der Waals surface area contributed by atoms with Crippen LogP contribution in [-0.4, -0.2) is 9.97 Å². The number of nitrogens with two attached hydrogens (primary N) is 1. The molecule has 0 radical (unpaired) electrons. The molecule has 104 valence electrons. The minimum atomic E-state index is 0.530. The number of aromatic nitrogens is 2. The van der Waals surface area contributed by atoms with Crippen molar-refractivity contribution in [2.45, 2.75) is 38.5 Å². The predicted octanol–water partition coefficient (Wildman–Crippen LogP) is 4.49. The minimum Gasteiger partial charge on any atom is -0.383 e. The number of hydrogen-bond donors (Lipinski definition) is 1. The molecule has 1 fully saturated rings. The Morgan fingerprint density at radius 3 is 2.35 bits per heavy atom. The summed E-state index contributed by atoms with van der Waals surface area (Å²) in [4.78, 5) is 9.11. The van der Waals surface area contributed by atoms with Gasteiger partial charge in [0.1, 0.15) is 5.82 Å². The van der Waals surface area contributed by atoms with Gasteiger partial charge in [0.25, 0.3) is 0 Å². The molecule has 0 spiro atoms. The number of rotatable bonds is 3. The molecule has 0 saturated heterocycles. The van der Waals surface area contributed by atoms with Crippen LogP contribution in [0.4, 0.5) is 5.82 Å². The van der Waals surface area contributed by atoms with Gasteiger partial charge in [-0.05, 0) is 40.3 Å². The van der Waals surface area contributed by atoms with E-state index >= 15 is 0 Å². The Morgan fingerprint density at radius 2 is 1.80 bits per heavy atom. The highest BCUT2D eigenvalue weighted by molar-refractivity contribution is 9.10. The van der Waals surface area contributed by atoms with Crippen molar-refractivity contribution < 1.29 is 0 Å². The lowest BCUT2D eigenvalue weighted by molar-refractivity contribution is 0.866. The van der Waals surface area contributed by atoms with E-state index in [0.29, 0.717) is 17.7 Å². The van der Waals surface area contributed by atoms with Gasteiger partial charge in [-0.1, -0.05) is 38.1 Å². The van der Waals surface area contributed by atoms with Crippen LogP contribution >= 0.6 is 15.9 Å². The second-order valence-electron chi connectivity index (χ2n) is 5.68. The number of nitrogen functional groups attached to an aromatic ring is 1. The average Bonchev–Trinajstić information content (AvgIpc) is 3.26. The smallest absolute Gasteiger partial charge is 0.161 e. The molecule has 1 aromatic carbocycles. The van der Waals surface area contributed by atoms with Crippen molar-refractivity contribution in [3.05, 3.63) is 40.0 Å². The fourth-order valence-corrected chi connectivity index (χ4v) is 2.76. The van der Waals surface area contributed by atoms with Crippen molar-refractivity contribution >= 4 is 21.7 Å². The fourth-order valence-electron chi connectivity index (χ4n) is 2.26. The van der Waals surface area contributed by atoms with E-state index in [1.807, 2.05) is 0 Å². The highest BCUT2D eigenvalue weighted by Crippen LogP contribution is 2.43. The summed E-state index contributed by atoms with van der Waals surface area (Å²) >= 11 is 3.51. The van der Waals surface area contributed by atoms with E-state index < -0.39 is 0 Å². The van der Waals surface area contributed by atoms with Gasteiger partial charge in [0.15, 0.2) is 5.82 Å². The summed E-state index contributed by atoms with van der Waals surface area (Å²) in [6, 6.07) is 8.43. The van der Waals surface area contributed by atoms with E-state index in [0.717, 1.165) is 21.6 Å². The molecule has 20 heavy (non-hydrogen) atoms. The Bertz CT molecular complexity index is 631. The van der Waals surface area contributed by atoms with E-state index in [2.05, 4.69) is 59.0 Å². The van der Waals surface area contributed by atoms with Gasteiger partial charge in [0.2, 0.25) is 0 Å². The Hall–Kier alpha value is -1.42. The van der Waals surface area contributed by atoms with E-state index in [-0.39, 0.29) is 0 Å². The number of anilines is 1. The zero-order valence-corrected chi connectivity index (χ0v) is 13.3. The molecule has 2 N–H and O–H groups in total. The number of benzene rings is 1. The van der Waals surface area contributed by atoms with Gasteiger partial charge in [-0.3, -0.25) is 0 Å². The van der Waals surface area contributed by atoms with Gasteiger partial charge in [0.05, 0.1) is 10.2 Å². The third kappa shape index (κ3) is 2.57. The lowest BCUT2D eigenvalue weighted by Gasteiger charge is -2.10. The third-order valence-corrected chi connectivity index (χ3v) is 4.51. The third-order valence-electron chi connectivity index (χ3n) is 3.70. The molecule has 0 unspecified atom stereocenters. The van der Waals surface area contributed by atoms with Crippen LogP contribution < -0.4 is 5.73 Å². The molecule has 4 heteroatoms. The Labute approximate surface area is 127 Å². The summed E-state index contributed by atoms with van der Waals surface area (Å²) < 4.78 is 0.863. The lowest BCUT2D eigenvalue weighted by Crippen LogP contribution is -2.02. The molecular weight excluding hydrogens is 314 g/mol. The lowest BCUT2D eigenvalue weighted by atomic mass is 10.0. The first-order valence-corrected chi connectivity index (χ1v) is 7.78. The molecule has 0 atom stereocenters. The fraction of sp³-hybridized carbons (Fsp3) is 0.375. The summed E-state index contributed by atoms with van der Waals surface area (Å²) in [5.74, 6) is 2.33. The second kappa shape index (κ2) is 5.17. The van der Waals surface area contributed by atoms with E-state index in [1.165, 1.54) is 18.4 Å². The van der Waals surface area contributed by atoms with Crippen molar-refractivity contribution in [3.63, 3.8) is 0 Å². The zero-order chi connectivity index (χ0) is 14.3. The SMILES string of the molecule is CC(C)c1ccc(-c2nc(N)c(Br)c(C3CC3)n2)cc1. The second-order valence-corrected chi connectivity index (χ2v) is 6.48. The standard InChI is InChI=1S/C16H18BrN3/c1-9(2)10-3-7-12(8-4-10)16-19-14(11-5-6-11)13(17)15(18)20-16/h3-4,7-9,11H,5-6H2,1-2H3,(H2,18,19,20).